The van der Waals surface area contributed by atoms with E-state index < -0.39 is 0 Å². The molecular weight excluding hydrogens is 328 g/mol. The molecule has 124 valence electrons. The summed E-state index contributed by atoms with van der Waals surface area (Å²) in [6.45, 7) is 0.905. The highest BCUT2D eigenvalue weighted by Gasteiger charge is 2.22. The van der Waals surface area contributed by atoms with Gasteiger partial charge in [0.2, 0.25) is 0 Å². The minimum Gasteiger partial charge on any atom is -0.393 e. The molecule has 0 bridgehead atoms. The third-order valence-electron chi connectivity index (χ3n) is 4.20. The molecule has 1 aromatic carbocycles. The Morgan fingerprint density at radius 1 is 1.30 bits per heavy atom. The van der Waals surface area contributed by atoms with E-state index in [9.17, 15) is 9.90 Å². The molecule has 0 radical (unpaired) electrons. The van der Waals surface area contributed by atoms with Crippen LogP contribution < -0.4 is 5.32 Å². The summed E-state index contributed by atoms with van der Waals surface area (Å²) in [7, 11) is 0. The van der Waals surface area contributed by atoms with Crippen molar-refractivity contribution >= 4 is 33.8 Å². The zero-order valence-corrected chi connectivity index (χ0v) is 14.7. The summed E-state index contributed by atoms with van der Waals surface area (Å²) in [6, 6.07) is 7.99. The van der Waals surface area contributed by atoms with E-state index in [0.29, 0.717) is 0 Å². The predicted molar refractivity (Wildman–Crippen MR) is 98.2 cm³/mol. The second-order valence-electron chi connectivity index (χ2n) is 5.92. The number of carbonyl (C=O) groups is 1. The zero-order valence-electron chi connectivity index (χ0n) is 13.0. The van der Waals surface area contributed by atoms with Crippen LogP contribution in [0.2, 0.25) is 0 Å². The number of benzene rings is 1. The first-order valence-electron chi connectivity index (χ1n) is 8.09. The van der Waals surface area contributed by atoms with Gasteiger partial charge in [0.25, 0.3) is 5.91 Å². The van der Waals surface area contributed by atoms with Crippen LogP contribution in [0.5, 0.6) is 0 Å². The van der Waals surface area contributed by atoms with Crippen molar-refractivity contribution in [1.82, 2.24) is 5.32 Å². The molecule has 1 aromatic rings. The van der Waals surface area contributed by atoms with E-state index in [0.717, 1.165) is 59.2 Å². The minimum absolute atomic E-state index is 0.00334. The number of aliphatic hydroxyl groups is 1. The van der Waals surface area contributed by atoms with Crippen molar-refractivity contribution < 1.29 is 9.90 Å². The van der Waals surface area contributed by atoms with Gasteiger partial charge in [0, 0.05) is 23.1 Å². The number of hydrogen-bond acceptors (Lipinski definition) is 5. The summed E-state index contributed by atoms with van der Waals surface area (Å²) in [6.07, 6.45) is 3.07. The molecule has 1 aliphatic heterocycles. The van der Waals surface area contributed by atoms with E-state index >= 15 is 0 Å². The molecule has 2 aliphatic rings. The molecule has 6 heteroatoms. The number of hydrogen-bond donors (Lipinski definition) is 2. The molecule has 23 heavy (non-hydrogen) atoms. The quantitative estimate of drug-likeness (QED) is 0.876. The first-order chi connectivity index (χ1) is 11.2. The number of amides is 1. The standard InChI is InChI=1S/C17H22N2O2S2/c20-14-7-5-13(6-8-14)19-16(21)15-4-2-1-3-12(15)11-23-17-18-9-10-22-17/h1-4,13-14,20H,5-11H2,(H,19,21). The molecule has 1 heterocycles. The number of nitrogens with zero attached hydrogens (tertiary/aromatic N) is 1. The fourth-order valence-corrected chi connectivity index (χ4v) is 4.91. The van der Waals surface area contributed by atoms with Crippen LogP contribution in [0.3, 0.4) is 0 Å². The van der Waals surface area contributed by atoms with Crippen LogP contribution in [0.1, 0.15) is 41.6 Å². The highest BCUT2D eigenvalue weighted by Crippen LogP contribution is 2.27. The first kappa shape index (κ1) is 16.9. The molecule has 1 fully saturated rings. The van der Waals surface area contributed by atoms with Crippen LogP contribution >= 0.6 is 23.5 Å². The lowest BCUT2D eigenvalue weighted by molar-refractivity contribution is 0.0867. The van der Waals surface area contributed by atoms with Crippen molar-refractivity contribution in [3.8, 4) is 0 Å². The highest BCUT2D eigenvalue weighted by molar-refractivity contribution is 8.38. The predicted octanol–water partition coefficient (Wildman–Crippen LogP) is 3.06. The van der Waals surface area contributed by atoms with Gasteiger partial charge in [-0.1, -0.05) is 41.7 Å². The summed E-state index contributed by atoms with van der Waals surface area (Å²) in [5, 5.41) is 12.7. The summed E-state index contributed by atoms with van der Waals surface area (Å²) >= 11 is 3.51. The SMILES string of the molecule is O=C(NC1CCC(O)CC1)c1ccccc1CSC1=NCCS1. The normalized spacial score (nSPS) is 24.3. The number of aliphatic hydroxyl groups excluding tert-OH is 1. The van der Waals surface area contributed by atoms with Crippen LogP contribution in [0.25, 0.3) is 0 Å². The van der Waals surface area contributed by atoms with Gasteiger partial charge in [0.05, 0.1) is 12.6 Å². The van der Waals surface area contributed by atoms with Gasteiger partial charge in [-0.3, -0.25) is 9.79 Å². The Balaban J connectivity index is 1.60. The Morgan fingerprint density at radius 2 is 2.09 bits per heavy atom. The van der Waals surface area contributed by atoms with E-state index in [4.69, 9.17) is 0 Å². The summed E-state index contributed by atoms with van der Waals surface area (Å²) in [5.41, 5.74) is 1.82. The van der Waals surface area contributed by atoms with Crippen LogP contribution in [0, 0.1) is 0 Å². The Bertz CT molecular complexity index is 584. The van der Waals surface area contributed by atoms with Gasteiger partial charge in [-0.05, 0) is 37.3 Å². The second kappa shape index (κ2) is 8.22. The van der Waals surface area contributed by atoms with Crippen molar-refractivity contribution in [3.63, 3.8) is 0 Å². The smallest absolute Gasteiger partial charge is 0.251 e. The Kier molecular flexibility index (Phi) is 6.02. The fourth-order valence-electron chi connectivity index (χ4n) is 2.89. The number of nitrogens with one attached hydrogen (secondary N) is 1. The lowest BCUT2D eigenvalue weighted by Crippen LogP contribution is -2.38. The molecule has 3 rings (SSSR count). The van der Waals surface area contributed by atoms with Gasteiger partial charge >= 0.3 is 0 Å². The van der Waals surface area contributed by atoms with Crippen LogP contribution in [0.4, 0.5) is 0 Å². The molecule has 1 saturated carbocycles. The first-order valence-corrected chi connectivity index (χ1v) is 10.1. The number of thioether (sulfide) groups is 2. The molecule has 1 aliphatic carbocycles. The van der Waals surface area contributed by atoms with Gasteiger partial charge in [-0.2, -0.15) is 0 Å². The van der Waals surface area contributed by atoms with Crippen molar-refractivity contribution in [2.45, 2.75) is 43.6 Å². The maximum absolute atomic E-state index is 12.6. The number of rotatable bonds is 4. The highest BCUT2D eigenvalue weighted by atomic mass is 32.2. The molecule has 0 atom stereocenters. The monoisotopic (exact) mass is 350 g/mol. The van der Waals surface area contributed by atoms with Crippen molar-refractivity contribution in [2.24, 2.45) is 4.99 Å². The van der Waals surface area contributed by atoms with Crippen LogP contribution in [-0.2, 0) is 5.75 Å². The Hall–Kier alpha value is -0.980. The Morgan fingerprint density at radius 3 is 2.83 bits per heavy atom. The molecule has 1 amide bonds. The third-order valence-corrected chi connectivity index (χ3v) is 6.50. The lowest BCUT2D eigenvalue weighted by atomic mass is 9.93. The van der Waals surface area contributed by atoms with E-state index in [2.05, 4.69) is 10.3 Å². The summed E-state index contributed by atoms with van der Waals surface area (Å²) < 4.78 is 1.13. The Labute approximate surface area is 145 Å². The third kappa shape index (κ3) is 4.75. The van der Waals surface area contributed by atoms with Gasteiger partial charge in [0.1, 0.15) is 4.38 Å². The summed E-state index contributed by atoms with van der Waals surface area (Å²) in [4.78, 5) is 17.0. The van der Waals surface area contributed by atoms with Gasteiger partial charge in [-0.25, -0.2) is 0 Å². The maximum atomic E-state index is 12.6. The minimum atomic E-state index is -0.198. The van der Waals surface area contributed by atoms with Crippen molar-refractivity contribution in [3.05, 3.63) is 35.4 Å². The molecule has 0 spiro atoms. The number of aliphatic imine (C=N–C) groups is 1. The second-order valence-corrected chi connectivity index (χ2v) is 8.23. The van der Waals surface area contributed by atoms with Gasteiger partial charge in [-0.15, -0.1) is 0 Å². The van der Waals surface area contributed by atoms with E-state index in [-0.39, 0.29) is 18.1 Å². The fraction of sp³-hybridized carbons (Fsp3) is 0.529. The topological polar surface area (TPSA) is 61.7 Å². The lowest BCUT2D eigenvalue weighted by Gasteiger charge is -2.26. The van der Waals surface area contributed by atoms with Crippen LogP contribution in [0.15, 0.2) is 29.3 Å². The average Bonchev–Trinajstić information content (AvgIpc) is 3.09. The van der Waals surface area contributed by atoms with Crippen molar-refractivity contribution in [1.29, 1.82) is 0 Å². The average molecular weight is 351 g/mol. The van der Waals surface area contributed by atoms with E-state index in [1.807, 2.05) is 24.3 Å². The molecule has 2 N–H and O–H groups in total. The summed E-state index contributed by atoms with van der Waals surface area (Å²) in [5.74, 6) is 1.85. The molecular formula is C17H22N2O2S2. The van der Waals surface area contributed by atoms with Crippen LogP contribution in [-0.4, -0.2) is 39.8 Å². The van der Waals surface area contributed by atoms with Gasteiger partial charge < -0.3 is 10.4 Å². The number of carbonyl (C=O) groups excluding carboxylic acids is 1. The molecule has 4 nitrogen and oxygen atoms in total. The molecule has 0 saturated heterocycles. The van der Waals surface area contributed by atoms with Gasteiger partial charge in [0.15, 0.2) is 0 Å². The maximum Gasteiger partial charge on any atom is 0.251 e. The molecule has 0 aromatic heterocycles. The largest absolute Gasteiger partial charge is 0.393 e. The van der Waals surface area contributed by atoms with E-state index in [1.54, 1.807) is 23.5 Å². The molecule has 0 unspecified atom stereocenters. The van der Waals surface area contributed by atoms with E-state index in [1.165, 1.54) is 0 Å². The van der Waals surface area contributed by atoms with Crippen molar-refractivity contribution in [2.75, 3.05) is 12.3 Å². The zero-order chi connectivity index (χ0) is 16.1.